The van der Waals surface area contributed by atoms with Crippen LogP contribution in [0.15, 0.2) is 36.5 Å². The van der Waals surface area contributed by atoms with Crippen LogP contribution in [0.1, 0.15) is 43.1 Å². The second-order valence-electron chi connectivity index (χ2n) is 6.14. The SMILES string of the molecule is CCOC(=O)c1ccn(-c2cccc(NC(=O)CCC3CCCO3)c2)n1. The Morgan fingerprint density at radius 3 is 3.04 bits per heavy atom. The zero-order chi connectivity index (χ0) is 18.4. The minimum atomic E-state index is -0.454. The molecule has 7 heteroatoms. The average Bonchev–Trinajstić information content (AvgIpc) is 3.32. The van der Waals surface area contributed by atoms with E-state index in [2.05, 4.69) is 10.4 Å². The van der Waals surface area contributed by atoms with E-state index in [9.17, 15) is 9.59 Å². The molecule has 1 unspecified atom stereocenters. The Balaban J connectivity index is 1.60. The van der Waals surface area contributed by atoms with E-state index >= 15 is 0 Å². The van der Waals surface area contributed by atoms with Crippen molar-refractivity contribution in [2.75, 3.05) is 18.5 Å². The van der Waals surface area contributed by atoms with Crippen LogP contribution in [-0.2, 0) is 14.3 Å². The number of aromatic nitrogens is 2. The molecule has 0 saturated carbocycles. The smallest absolute Gasteiger partial charge is 0.358 e. The van der Waals surface area contributed by atoms with Crippen LogP contribution in [0.25, 0.3) is 5.69 Å². The first-order valence-electron chi connectivity index (χ1n) is 8.90. The van der Waals surface area contributed by atoms with Gasteiger partial charge in [-0.05, 0) is 50.5 Å². The Morgan fingerprint density at radius 1 is 1.38 bits per heavy atom. The lowest BCUT2D eigenvalue weighted by molar-refractivity contribution is -0.116. The number of amides is 1. The normalized spacial score (nSPS) is 16.4. The summed E-state index contributed by atoms with van der Waals surface area (Å²) in [6.07, 6.45) is 5.18. The van der Waals surface area contributed by atoms with E-state index in [0.717, 1.165) is 31.6 Å². The standard InChI is InChI=1S/C19H23N3O4/c1-2-25-19(24)17-10-11-22(21-17)15-6-3-5-14(13-15)20-18(23)9-8-16-7-4-12-26-16/h3,5-6,10-11,13,16H,2,4,7-9,12H2,1H3,(H,20,23). The monoisotopic (exact) mass is 357 g/mol. The van der Waals surface area contributed by atoms with Crippen molar-refractivity contribution in [3.8, 4) is 5.69 Å². The summed E-state index contributed by atoms with van der Waals surface area (Å²) in [6.45, 7) is 2.85. The molecule has 0 bridgehead atoms. The number of nitrogens with zero attached hydrogens (tertiary/aromatic N) is 2. The van der Waals surface area contributed by atoms with Gasteiger partial charge in [-0.25, -0.2) is 9.48 Å². The zero-order valence-electron chi connectivity index (χ0n) is 14.8. The molecular weight excluding hydrogens is 334 g/mol. The molecule has 2 aromatic rings. The van der Waals surface area contributed by atoms with E-state index in [1.54, 1.807) is 23.9 Å². The highest BCUT2D eigenvalue weighted by Crippen LogP contribution is 2.18. The maximum Gasteiger partial charge on any atom is 0.358 e. The molecule has 1 saturated heterocycles. The molecule has 1 aliphatic rings. The van der Waals surface area contributed by atoms with Crippen LogP contribution < -0.4 is 5.32 Å². The van der Waals surface area contributed by atoms with Crippen molar-refractivity contribution in [1.29, 1.82) is 0 Å². The predicted molar refractivity (Wildman–Crippen MR) is 96.4 cm³/mol. The largest absolute Gasteiger partial charge is 0.461 e. The van der Waals surface area contributed by atoms with Crippen LogP contribution in [-0.4, -0.2) is 41.0 Å². The molecule has 1 atom stereocenters. The van der Waals surface area contributed by atoms with Gasteiger partial charge in [0.2, 0.25) is 5.91 Å². The van der Waals surface area contributed by atoms with Crippen LogP contribution >= 0.6 is 0 Å². The van der Waals surface area contributed by atoms with Gasteiger partial charge in [0.1, 0.15) is 0 Å². The molecule has 26 heavy (non-hydrogen) atoms. The summed E-state index contributed by atoms with van der Waals surface area (Å²) in [5.41, 5.74) is 1.68. The third kappa shape index (κ3) is 4.70. The lowest BCUT2D eigenvalue weighted by Gasteiger charge is -2.10. The fraction of sp³-hybridized carbons (Fsp3) is 0.421. The fourth-order valence-corrected chi connectivity index (χ4v) is 2.90. The fourth-order valence-electron chi connectivity index (χ4n) is 2.90. The molecule has 0 aliphatic carbocycles. The first-order chi connectivity index (χ1) is 12.7. The summed E-state index contributed by atoms with van der Waals surface area (Å²) in [5, 5.41) is 7.12. The molecule has 2 heterocycles. The maximum absolute atomic E-state index is 12.1. The molecule has 7 nitrogen and oxygen atoms in total. The average molecular weight is 357 g/mol. The van der Waals surface area contributed by atoms with Crippen molar-refractivity contribution >= 4 is 17.6 Å². The van der Waals surface area contributed by atoms with Crippen molar-refractivity contribution in [2.24, 2.45) is 0 Å². The highest BCUT2D eigenvalue weighted by Gasteiger charge is 2.17. The van der Waals surface area contributed by atoms with Crippen LogP contribution in [0.3, 0.4) is 0 Å². The predicted octanol–water partition coefficient (Wildman–Crippen LogP) is 2.95. The molecule has 1 N–H and O–H groups in total. The molecule has 138 valence electrons. The number of hydrogen-bond acceptors (Lipinski definition) is 5. The number of hydrogen-bond donors (Lipinski definition) is 1. The molecule has 1 aromatic carbocycles. The van der Waals surface area contributed by atoms with E-state index in [1.807, 2.05) is 24.3 Å². The molecule has 1 aromatic heterocycles. The molecule has 1 aliphatic heterocycles. The van der Waals surface area contributed by atoms with Gasteiger partial charge >= 0.3 is 5.97 Å². The second-order valence-corrected chi connectivity index (χ2v) is 6.14. The summed E-state index contributed by atoms with van der Waals surface area (Å²) in [6, 6.07) is 8.92. The minimum Gasteiger partial charge on any atom is -0.461 e. The summed E-state index contributed by atoms with van der Waals surface area (Å²) in [7, 11) is 0. The summed E-state index contributed by atoms with van der Waals surface area (Å²) < 4.78 is 12.1. The number of anilines is 1. The first kappa shape index (κ1) is 18.1. The van der Waals surface area contributed by atoms with Gasteiger partial charge in [-0.3, -0.25) is 4.79 Å². The van der Waals surface area contributed by atoms with Gasteiger partial charge in [0, 0.05) is 24.9 Å². The van der Waals surface area contributed by atoms with Crippen LogP contribution in [0.4, 0.5) is 5.69 Å². The second kappa shape index (κ2) is 8.62. The third-order valence-corrected chi connectivity index (χ3v) is 4.19. The van der Waals surface area contributed by atoms with Crippen LogP contribution in [0.5, 0.6) is 0 Å². The Kier molecular flexibility index (Phi) is 6.01. The maximum atomic E-state index is 12.1. The van der Waals surface area contributed by atoms with Crippen LogP contribution in [0.2, 0.25) is 0 Å². The highest BCUT2D eigenvalue weighted by atomic mass is 16.5. The minimum absolute atomic E-state index is 0.0367. The number of rotatable bonds is 7. The number of ether oxygens (including phenoxy) is 2. The molecule has 1 amide bonds. The van der Waals surface area contributed by atoms with Gasteiger partial charge in [0.05, 0.1) is 18.4 Å². The van der Waals surface area contributed by atoms with Crippen molar-refractivity contribution < 1.29 is 19.1 Å². The van der Waals surface area contributed by atoms with E-state index in [4.69, 9.17) is 9.47 Å². The van der Waals surface area contributed by atoms with Gasteiger partial charge < -0.3 is 14.8 Å². The van der Waals surface area contributed by atoms with E-state index in [-0.39, 0.29) is 17.7 Å². The van der Waals surface area contributed by atoms with Crippen molar-refractivity contribution in [3.63, 3.8) is 0 Å². The Labute approximate surface area is 152 Å². The van der Waals surface area contributed by atoms with E-state index in [0.29, 0.717) is 18.7 Å². The van der Waals surface area contributed by atoms with Crippen LogP contribution in [0, 0.1) is 0 Å². The summed E-state index contributed by atoms with van der Waals surface area (Å²) >= 11 is 0. The number of benzene rings is 1. The van der Waals surface area contributed by atoms with Gasteiger partial charge in [0.25, 0.3) is 0 Å². The number of carbonyl (C=O) groups is 2. The highest BCUT2D eigenvalue weighted by molar-refractivity contribution is 5.91. The van der Waals surface area contributed by atoms with Gasteiger partial charge in [-0.15, -0.1) is 0 Å². The van der Waals surface area contributed by atoms with E-state index in [1.165, 1.54) is 0 Å². The molecule has 1 fully saturated rings. The van der Waals surface area contributed by atoms with E-state index < -0.39 is 5.97 Å². The lowest BCUT2D eigenvalue weighted by Crippen LogP contribution is -2.15. The zero-order valence-corrected chi connectivity index (χ0v) is 14.8. The molecule has 3 rings (SSSR count). The number of esters is 1. The van der Waals surface area contributed by atoms with Gasteiger partial charge in [0.15, 0.2) is 5.69 Å². The Morgan fingerprint density at radius 2 is 2.27 bits per heavy atom. The summed E-state index contributed by atoms with van der Waals surface area (Å²) in [4.78, 5) is 23.8. The summed E-state index contributed by atoms with van der Waals surface area (Å²) in [5.74, 6) is -0.491. The van der Waals surface area contributed by atoms with Crippen molar-refractivity contribution in [3.05, 3.63) is 42.2 Å². The number of nitrogens with one attached hydrogen (secondary N) is 1. The molecule has 0 spiro atoms. The first-order valence-corrected chi connectivity index (χ1v) is 8.90. The van der Waals surface area contributed by atoms with Gasteiger partial charge in [-0.1, -0.05) is 6.07 Å². The van der Waals surface area contributed by atoms with Crippen molar-refractivity contribution in [1.82, 2.24) is 9.78 Å². The Hall–Kier alpha value is -2.67. The quantitative estimate of drug-likeness (QED) is 0.771. The molecule has 0 radical (unpaired) electrons. The molecular formula is C19H23N3O4. The van der Waals surface area contributed by atoms with Gasteiger partial charge in [-0.2, -0.15) is 5.10 Å². The third-order valence-electron chi connectivity index (χ3n) is 4.19. The van der Waals surface area contributed by atoms with Crippen molar-refractivity contribution in [2.45, 2.75) is 38.7 Å². The Bertz CT molecular complexity index is 766. The lowest BCUT2D eigenvalue weighted by atomic mass is 10.1. The topological polar surface area (TPSA) is 82.5 Å². The number of carbonyl (C=O) groups excluding carboxylic acids is 2.